The van der Waals surface area contributed by atoms with Crippen LogP contribution < -0.4 is 5.14 Å². The Bertz CT molecular complexity index is 386. The maximum Gasteiger partial charge on any atom is 0.425 e. The third-order valence-corrected chi connectivity index (χ3v) is 3.07. The molecular weight excluding hydrogens is 260 g/mol. The van der Waals surface area contributed by atoms with Gasteiger partial charge in [0.2, 0.25) is 0 Å². The number of aliphatic hydroxyl groups excluding tert-OH is 1. The molecule has 0 heterocycles. The Hall–Kier alpha value is -0.860. The number of carbonyl (C=O) groups is 1. The van der Waals surface area contributed by atoms with E-state index in [1.54, 1.807) is 34.6 Å². The van der Waals surface area contributed by atoms with Gasteiger partial charge in [0.25, 0.3) is 0 Å². The smallest absolute Gasteiger partial charge is 0.425 e. The topological polar surface area (TPSA) is 110 Å². The van der Waals surface area contributed by atoms with E-state index in [1.807, 2.05) is 0 Å². The molecule has 108 valence electrons. The molecule has 0 aromatic rings. The van der Waals surface area contributed by atoms with E-state index in [0.29, 0.717) is 4.31 Å². The number of hydrogen-bond donors (Lipinski definition) is 2. The number of rotatable bonds is 4. The van der Waals surface area contributed by atoms with Crippen molar-refractivity contribution in [1.29, 1.82) is 0 Å². The van der Waals surface area contributed by atoms with E-state index in [4.69, 9.17) is 9.88 Å². The SMILES string of the molecule is CC(C)[C@H](CO)N(C(=O)OC(C)(C)C)S(N)(=O)=O. The molecule has 1 amide bonds. The van der Waals surface area contributed by atoms with E-state index in [2.05, 4.69) is 0 Å². The second-order valence-corrected chi connectivity index (χ2v) is 6.74. The molecule has 0 aromatic heterocycles. The molecule has 18 heavy (non-hydrogen) atoms. The van der Waals surface area contributed by atoms with E-state index in [-0.39, 0.29) is 5.92 Å². The van der Waals surface area contributed by atoms with Gasteiger partial charge in [-0.3, -0.25) is 0 Å². The summed E-state index contributed by atoms with van der Waals surface area (Å²) in [4.78, 5) is 11.8. The molecule has 0 rings (SSSR count). The second kappa shape index (κ2) is 5.85. The first-order chi connectivity index (χ1) is 7.90. The Labute approximate surface area is 108 Å². The van der Waals surface area contributed by atoms with Crippen LogP contribution in [0.25, 0.3) is 0 Å². The van der Waals surface area contributed by atoms with Crippen molar-refractivity contribution in [2.45, 2.75) is 46.3 Å². The quantitative estimate of drug-likeness (QED) is 0.777. The number of ether oxygens (including phenoxy) is 1. The highest BCUT2D eigenvalue weighted by atomic mass is 32.2. The van der Waals surface area contributed by atoms with Gasteiger partial charge in [-0.2, -0.15) is 12.7 Å². The first-order valence-corrected chi connectivity index (χ1v) is 7.06. The van der Waals surface area contributed by atoms with Gasteiger partial charge in [-0.1, -0.05) is 13.8 Å². The van der Waals surface area contributed by atoms with Crippen LogP contribution >= 0.6 is 0 Å². The number of aliphatic hydroxyl groups is 1. The average molecular weight is 282 g/mol. The maximum absolute atomic E-state index is 11.8. The number of nitrogens with zero attached hydrogens (tertiary/aromatic N) is 1. The van der Waals surface area contributed by atoms with Crippen molar-refractivity contribution in [3.8, 4) is 0 Å². The van der Waals surface area contributed by atoms with Gasteiger partial charge in [-0.25, -0.2) is 9.93 Å². The molecule has 0 aromatic carbocycles. The van der Waals surface area contributed by atoms with Crippen LogP contribution in [0.4, 0.5) is 4.79 Å². The molecule has 0 saturated carbocycles. The number of carbonyl (C=O) groups excluding carboxylic acids is 1. The van der Waals surface area contributed by atoms with Gasteiger partial charge < -0.3 is 9.84 Å². The summed E-state index contributed by atoms with van der Waals surface area (Å²) in [6, 6.07) is -0.949. The number of nitrogens with two attached hydrogens (primary N) is 1. The molecule has 0 saturated heterocycles. The van der Waals surface area contributed by atoms with Crippen LogP contribution in [0.3, 0.4) is 0 Å². The molecule has 0 radical (unpaired) electrons. The van der Waals surface area contributed by atoms with Crippen molar-refractivity contribution in [3.63, 3.8) is 0 Å². The molecule has 1 atom stereocenters. The number of amides is 1. The molecule has 7 nitrogen and oxygen atoms in total. The lowest BCUT2D eigenvalue weighted by Crippen LogP contribution is -2.53. The van der Waals surface area contributed by atoms with Gasteiger partial charge in [-0.15, -0.1) is 0 Å². The lowest BCUT2D eigenvalue weighted by Gasteiger charge is -2.32. The van der Waals surface area contributed by atoms with Crippen LogP contribution in [-0.2, 0) is 14.9 Å². The van der Waals surface area contributed by atoms with Crippen molar-refractivity contribution in [2.24, 2.45) is 11.1 Å². The minimum absolute atomic E-state index is 0.291. The van der Waals surface area contributed by atoms with E-state index in [9.17, 15) is 18.3 Å². The summed E-state index contributed by atoms with van der Waals surface area (Å²) >= 11 is 0. The Morgan fingerprint density at radius 2 is 1.83 bits per heavy atom. The van der Waals surface area contributed by atoms with E-state index in [1.165, 1.54) is 0 Å². The number of hydrogen-bond acceptors (Lipinski definition) is 5. The normalized spacial score (nSPS) is 14.4. The first-order valence-electron chi connectivity index (χ1n) is 5.56. The average Bonchev–Trinajstić information content (AvgIpc) is 2.07. The standard InChI is InChI=1S/C10H22N2O5S/c1-7(2)8(6-13)12(18(11,15)16)9(14)17-10(3,4)5/h7-8,13H,6H2,1-5H3,(H2,11,15,16)/t8-/m0/s1. The predicted molar refractivity (Wildman–Crippen MR) is 66.9 cm³/mol. The van der Waals surface area contributed by atoms with E-state index >= 15 is 0 Å². The van der Waals surface area contributed by atoms with Crippen molar-refractivity contribution >= 4 is 16.3 Å². The third kappa shape index (κ3) is 5.19. The lowest BCUT2D eigenvalue weighted by atomic mass is 10.1. The molecule has 0 aliphatic rings. The molecule has 0 aliphatic carbocycles. The summed E-state index contributed by atoms with van der Waals surface area (Å²) in [7, 11) is -4.29. The molecular formula is C10H22N2O5S. The van der Waals surface area contributed by atoms with Gasteiger partial charge in [0.05, 0.1) is 12.6 Å². The summed E-state index contributed by atoms with van der Waals surface area (Å²) in [5.41, 5.74) is -0.850. The third-order valence-electron chi connectivity index (χ3n) is 2.11. The van der Waals surface area contributed by atoms with Crippen LogP contribution in [0.15, 0.2) is 0 Å². The summed E-state index contributed by atoms with van der Waals surface area (Å²) in [5.74, 6) is -0.291. The fraction of sp³-hybridized carbons (Fsp3) is 0.900. The van der Waals surface area contributed by atoms with E-state index in [0.717, 1.165) is 0 Å². The van der Waals surface area contributed by atoms with Crippen LogP contribution in [0, 0.1) is 5.92 Å². The Balaban J connectivity index is 5.33. The molecule has 0 spiro atoms. The van der Waals surface area contributed by atoms with Crippen molar-refractivity contribution < 1.29 is 23.1 Å². The Kier molecular flexibility index (Phi) is 5.57. The highest BCUT2D eigenvalue weighted by Gasteiger charge is 2.36. The van der Waals surface area contributed by atoms with Crippen LogP contribution in [-0.4, -0.2) is 42.2 Å². The van der Waals surface area contributed by atoms with Gasteiger partial charge in [0.15, 0.2) is 0 Å². The van der Waals surface area contributed by atoms with Gasteiger partial charge in [0, 0.05) is 0 Å². The second-order valence-electron chi connectivity index (χ2n) is 5.32. The van der Waals surface area contributed by atoms with Crippen molar-refractivity contribution in [3.05, 3.63) is 0 Å². The molecule has 0 unspecified atom stereocenters. The molecule has 8 heteroatoms. The minimum Gasteiger partial charge on any atom is -0.443 e. The van der Waals surface area contributed by atoms with Gasteiger partial charge in [-0.05, 0) is 26.7 Å². The maximum atomic E-state index is 11.8. The van der Waals surface area contributed by atoms with Crippen LogP contribution in [0.5, 0.6) is 0 Å². The molecule has 0 fully saturated rings. The molecule has 0 bridgehead atoms. The lowest BCUT2D eigenvalue weighted by molar-refractivity contribution is 0.0250. The first kappa shape index (κ1) is 17.1. The summed E-state index contributed by atoms with van der Waals surface area (Å²) in [6.07, 6.45) is -1.09. The van der Waals surface area contributed by atoms with Crippen molar-refractivity contribution in [2.75, 3.05) is 6.61 Å². The van der Waals surface area contributed by atoms with E-state index < -0.39 is 34.6 Å². The zero-order valence-electron chi connectivity index (χ0n) is 11.4. The Morgan fingerprint density at radius 3 is 2.06 bits per heavy atom. The highest BCUT2D eigenvalue weighted by molar-refractivity contribution is 7.87. The Morgan fingerprint density at radius 1 is 1.39 bits per heavy atom. The molecule has 0 aliphatic heterocycles. The predicted octanol–water partition coefficient (Wildman–Crippen LogP) is 0.444. The summed E-state index contributed by atoms with van der Waals surface area (Å²) in [6.45, 7) is 7.64. The fourth-order valence-electron chi connectivity index (χ4n) is 1.29. The molecule has 3 N–H and O–H groups in total. The fourth-order valence-corrected chi connectivity index (χ4v) is 2.22. The van der Waals surface area contributed by atoms with Gasteiger partial charge in [0.1, 0.15) is 5.60 Å². The highest BCUT2D eigenvalue weighted by Crippen LogP contribution is 2.18. The van der Waals surface area contributed by atoms with Crippen LogP contribution in [0.1, 0.15) is 34.6 Å². The monoisotopic (exact) mass is 282 g/mol. The zero-order chi connectivity index (χ0) is 14.7. The summed E-state index contributed by atoms with van der Waals surface area (Å²) < 4.78 is 28.3. The summed E-state index contributed by atoms with van der Waals surface area (Å²) in [5, 5.41) is 14.2. The van der Waals surface area contributed by atoms with Crippen molar-refractivity contribution in [1.82, 2.24) is 4.31 Å². The zero-order valence-corrected chi connectivity index (χ0v) is 12.2. The van der Waals surface area contributed by atoms with Crippen LogP contribution in [0.2, 0.25) is 0 Å². The van der Waals surface area contributed by atoms with Gasteiger partial charge >= 0.3 is 16.3 Å². The minimum atomic E-state index is -4.29. The largest absolute Gasteiger partial charge is 0.443 e.